The van der Waals surface area contributed by atoms with Gasteiger partial charge in [0.2, 0.25) is 0 Å². The molecular weight excluding hydrogens is 250 g/mol. The van der Waals surface area contributed by atoms with Crippen LogP contribution in [-0.4, -0.2) is 11.5 Å². The summed E-state index contributed by atoms with van der Waals surface area (Å²) in [6.45, 7) is 0.273. The third-order valence-electron chi connectivity index (χ3n) is 3.75. The van der Waals surface area contributed by atoms with Crippen LogP contribution in [0.1, 0.15) is 16.7 Å². The highest BCUT2D eigenvalue weighted by atomic mass is 16.5. The van der Waals surface area contributed by atoms with Gasteiger partial charge in [0.15, 0.2) is 0 Å². The van der Waals surface area contributed by atoms with Gasteiger partial charge in [0.05, 0.1) is 0 Å². The van der Waals surface area contributed by atoms with Gasteiger partial charge in [-0.15, -0.1) is 0 Å². The van der Waals surface area contributed by atoms with E-state index in [9.17, 15) is 4.79 Å². The topological polar surface area (TPSA) is 52.3 Å². The molecular formula is C17H17NO2. The zero-order chi connectivity index (χ0) is 14.0. The number of rotatable bonds is 3. The molecule has 0 aromatic heterocycles. The van der Waals surface area contributed by atoms with E-state index in [0.29, 0.717) is 12.8 Å². The van der Waals surface area contributed by atoms with Crippen LogP contribution in [-0.2, 0) is 29.0 Å². The van der Waals surface area contributed by atoms with Crippen LogP contribution in [0.3, 0.4) is 0 Å². The second-order valence-corrected chi connectivity index (χ2v) is 5.34. The van der Waals surface area contributed by atoms with Crippen LogP contribution in [0.2, 0.25) is 0 Å². The van der Waals surface area contributed by atoms with E-state index < -0.39 is 5.54 Å². The number of hydrogen-bond acceptors (Lipinski definition) is 3. The normalized spacial score (nSPS) is 15.7. The summed E-state index contributed by atoms with van der Waals surface area (Å²) in [7, 11) is 0. The molecule has 3 heteroatoms. The average molecular weight is 267 g/mol. The van der Waals surface area contributed by atoms with Gasteiger partial charge in [-0.1, -0.05) is 54.6 Å². The molecule has 0 saturated heterocycles. The largest absolute Gasteiger partial charge is 0.459 e. The Morgan fingerprint density at radius 2 is 1.55 bits per heavy atom. The lowest BCUT2D eigenvalue weighted by atomic mass is 9.97. The van der Waals surface area contributed by atoms with E-state index in [1.807, 2.05) is 54.6 Å². The van der Waals surface area contributed by atoms with Gasteiger partial charge in [-0.05, 0) is 16.7 Å². The van der Waals surface area contributed by atoms with Crippen molar-refractivity contribution < 1.29 is 9.53 Å². The fourth-order valence-corrected chi connectivity index (χ4v) is 2.66. The lowest BCUT2D eigenvalue weighted by molar-refractivity contribution is -0.151. The molecule has 2 aromatic rings. The van der Waals surface area contributed by atoms with Crippen molar-refractivity contribution in [2.45, 2.75) is 25.0 Å². The van der Waals surface area contributed by atoms with Crippen LogP contribution in [0.5, 0.6) is 0 Å². The highest BCUT2D eigenvalue weighted by molar-refractivity contribution is 5.82. The first-order valence-electron chi connectivity index (χ1n) is 6.74. The predicted octanol–water partition coefficient (Wildman–Crippen LogP) is 2.23. The van der Waals surface area contributed by atoms with E-state index in [0.717, 1.165) is 16.7 Å². The van der Waals surface area contributed by atoms with Crippen molar-refractivity contribution in [2.75, 3.05) is 0 Å². The van der Waals surface area contributed by atoms with E-state index in [-0.39, 0.29) is 12.6 Å². The first-order valence-corrected chi connectivity index (χ1v) is 6.74. The van der Waals surface area contributed by atoms with Gasteiger partial charge in [-0.3, -0.25) is 4.79 Å². The lowest BCUT2D eigenvalue weighted by Crippen LogP contribution is -2.49. The molecule has 2 aromatic carbocycles. The summed E-state index contributed by atoms with van der Waals surface area (Å²) in [4.78, 5) is 12.3. The van der Waals surface area contributed by atoms with Crippen LogP contribution in [0, 0.1) is 0 Å². The second kappa shape index (κ2) is 5.10. The Morgan fingerprint density at radius 3 is 2.15 bits per heavy atom. The van der Waals surface area contributed by atoms with Crippen molar-refractivity contribution in [3.63, 3.8) is 0 Å². The molecule has 1 aliphatic carbocycles. The Balaban J connectivity index is 1.67. The molecule has 0 bridgehead atoms. The number of nitrogens with two attached hydrogens (primary N) is 1. The molecule has 3 rings (SSSR count). The molecule has 1 aliphatic rings. The van der Waals surface area contributed by atoms with Gasteiger partial charge in [0.25, 0.3) is 0 Å². The molecule has 0 aliphatic heterocycles. The third kappa shape index (κ3) is 2.45. The minimum atomic E-state index is -0.918. The van der Waals surface area contributed by atoms with Crippen molar-refractivity contribution in [2.24, 2.45) is 5.73 Å². The van der Waals surface area contributed by atoms with Crippen molar-refractivity contribution in [3.8, 4) is 0 Å². The second-order valence-electron chi connectivity index (χ2n) is 5.34. The number of fused-ring (bicyclic) bond motifs is 1. The standard InChI is InChI=1S/C17H17NO2/c18-17(10-14-8-4-5-9-15(14)11-17)16(19)20-12-13-6-2-1-3-7-13/h1-9H,10-12,18H2. The highest BCUT2D eigenvalue weighted by Crippen LogP contribution is 2.29. The monoisotopic (exact) mass is 267 g/mol. The first kappa shape index (κ1) is 12.9. The summed E-state index contributed by atoms with van der Waals surface area (Å²) in [5, 5.41) is 0. The smallest absolute Gasteiger partial charge is 0.327 e. The average Bonchev–Trinajstić information content (AvgIpc) is 2.83. The number of hydrogen-bond donors (Lipinski definition) is 1. The quantitative estimate of drug-likeness (QED) is 0.868. The molecule has 0 atom stereocenters. The summed E-state index contributed by atoms with van der Waals surface area (Å²) in [5.74, 6) is -0.322. The molecule has 0 radical (unpaired) electrons. The number of carbonyl (C=O) groups is 1. The van der Waals surface area contributed by atoms with Crippen LogP contribution < -0.4 is 5.73 Å². The zero-order valence-electron chi connectivity index (χ0n) is 11.2. The predicted molar refractivity (Wildman–Crippen MR) is 77.0 cm³/mol. The highest BCUT2D eigenvalue weighted by Gasteiger charge is 2.41. The fourth-order valence-electron chi connectivity index (χ4n) is 2.66. The number of esters is 1. The maximum absolute atomic E-state index is 12.3. The Bertz CT molecular complexity index is 597. The molecule has 0 heterocycles. The Kier molecular flexibility index (Phi) is 3.28. The summed E-state index contributed by atoms with van der Waals surface area (Å²) in [6.07, 6.45) is 1.10. The van der Waals surface area contributed by atoms with Crippen molar-refractivity contribution >= 4 is 5.97 Å². The Morgan fingerprint density at radius 1 is 1.00 bits per heavy atom. The van der Waals surface area contributed by atoms with Crippen LogP contribution in [0.4, 0.5) is 0 Å². The van der Waals surface area contributed by atoms with Crippen molar-refractivity contribution in [1.29, 1.82) is 0 Å². The van der Waals surface area contributed by atoms with Crippen LogP contribution in [0.15, 0.2) is 54.6 Å². The Labute approximate surface area is 118 Å². The molecule has 0 amide bonds. The number of carbonyl (C=O) groups excluding carboxylic acids is 1. The maximum atomic E-state index is 12.3. The minimum absolute atomic E-state index is 0.273. The van der Waals surface area contributed by atoms with E-state index in [4.69, 9.17) is 10.5 Å². The fraction of sp³-hybridized carbons (Fsp3) is 0.235. The van der Waals surface area contributed by atoms with E-state index >= 15 is 0 Å². The number of benzene rings is 2. The van der Waals surface area contributed by atoms with Crippen LogP contribution in [0.25, 0.3) is 0 Å². The zero-order valence-corrected chi connectivity index (χ0v) is 11.2. The van der Waals surface area contributed by atoms with Crippen molar-refractivity contribution in [3.05, 3.63) is 71.3 Å². The van der Waals surface area contributed by atoms with E-state index in [2.05, 4.69) is 0 Å². The maximum Gasteiger partial charge on any atom is 0.327 e. The van der Waals surface area contributed by atoms with Gasteiger partial charge in [-0.2, -0.15) is 0 Å². The lowest BCUT2D eigenvalue weighted by Gasteiger charge is -2.21. The molecule has 102 valence electrons. The summed E-state index contributed by atoms with van der Waals surface area (Å²) in [6, 6.07) is 17.6. The molecule has 0 unspecified atom stereocenters. The van der Waals surface area contributed by atoms with Gasteiger partial charge >= 0.3 is 5.97 Å². The number of ether oxygens (including phenoxy) is 1. The summed E-state index contributed by atoms with van der Waals surface area (Å²) >= 11 is 0. The van der Waals surface area contributed by atoms with Gasteiger partial charge in [0.1, 0.15) is 12.1 Å². The van der Waals surface area contributed by atoms with Gasteiger partial charge < -0.3 is 10.5 Å². The third-order valence-corrected chi connectivity index (χ3v) is 3.75. The molecule has 0 spiro atoms. The summed E-state index contributed by atoms with van der Waals surface area (Å²) in [5.41, 5.74) is 8.59. The molecule has 3 nitrogen and oxygen atoms in total. The summed E-state index contributed by atoms with van der Waals surface area (Å²) < 4.78 is 5.38. The molecule has 2 N–H and O–H groups in total. The minimum Gasteiger partial charge on any atom is -0.459 e. The molecule has 20 heavy (non-hydrogen) atoms. The molecule has 0 saturated carbocycles. The Hall–Kier alpha value is -2.13. The molecule has 0 fully saturated rings. The van der Waals surface area contributed by atoms with Crippen LogP contribution >= 0.6 is 0 Å². The first-order chi connectivity index (χ1) is 9.67. The SMILES string of the molecule is NC1(C(=O)OCc2ccccc2)Cc2ccccc2C1. The van der Waals surface area contributed by atoms with Gasteiger partial charge in [-0.25, -0.2) is 0 Å². The van der Waals surface area contributed by atoms with Crippen molar-refractivity contribution in [1.82, 2.24) is 0 Å². The van der Waals surface area contributed by atoms with E-state index in [1.165, 1.54) is 0 Å². The van der Waals surface area contributed by atoms with Gasteiger partial charge in [0, 0.05) is 12.8 Å². The van der Waals surface area contributed by atoms with E-state index in [1.54, 1.807) is 0 Å².